The molecule has 0 fully saturated rings. The van der Waals surface area contributed by atoms with E-state index in [-0.39, 0.29) is 0 Å². The second-order valence-electron chi connectivity index (χ2n) is 11.8. The smallest absolute Gasteiger partial charge is 0.0620 e. The van der Waals surface area contributed by atoms with E-state index < -0.39 is 0 Å². The molecule has 0 bridgehead atoms. The molecule has 2 heteroatoms. The van der Waals surface area contributed by atoms with E-state index in [1.165, 1.54) is 34.5 Å². The number of rotatable bonds is 3. The Morgan fingerprint density at radius 2 is 1.27 bits per heavy atom. The van der Waals surface area contributed by atoms with Gasteiger partial charge in [-0.2, -0.15) is 0 Å². The van der Waals surface area contributed by atoms with Gasteiger partial charge >= 0.3 is 0 Å². The third-order valence-electron chi connectivity index (χ3n) is 10.1. The van der Waals surface area contributed by atoms with Gasteiger partial charge in [-0.1, -0.05) is 91.3 Å². The third kappa shape index (κ3) is 2.82. The van der Waals surface area contributed by atoms with Crippen LogP contribution in [0.25, 0.3) is 0 Å². The fourth-order valence-electron chi connectivity index (χ4n) is 8.68. The van der Waals surface area contributed by atoms with Gasteiger partial charge in [-0.15, -0.1) is 0 Å². The lowest BCUT2D eigenvalue weighted by Crippen LogP contribution is -2.28. The molecule has 4 aromatic rings. The number of anilines is 2. The normalized spacial score (nSPS) is 28.0. The van der Waals surface area contributed by atoms with Crippen molar-refractivity contribution < 1.29 is 0 Å². The molecule has 2 heterocycles. The summed E-state index contributed by atoms with van der Waals surface area (Å²) in [6.07, 6.45) is 1.17. The third-order valence-corrected chi connectivity index (χ3v) is 10.1. The molecule has 0 spiro atoms. The number of nitrogens with zero attached hydrogens (tertiary/aromatic N) is 2. The predicted molar refractivity (Wildman–Crippen MR) is 153 cm³/mol. The SMILES string of the molecule is Cc1ccc2c(c1)C1C(C)c3ccccc3C1N2CCC1c2ccccc2C2C1c1ccccc1N2C. The largest absolute Gasteiger partial charge is 0.367 e. The molecule has 4 aliphatic rings. The molecule has 0 amide bonds. The lowest BCUT2D eigenvalue weighted by Gasteiger charge is -2.31. The Labute approximate surface area is 220 Å². The average Bonchev–Trinajstić information content (AvgIpc) is 3.61. The maximum Gasteiger partial charge on any atom is 0.0620 e. The first-order chi connectivity index (χ1) is 18.1. The van der Waals surface area contributed by atoms with Crippen molar-refractivity contribution >= 4 is 11.4 Å². The van der Waals surface area contributed by atoms with Gasteiger partial charge in [-0.25, -0.2) is 0 Å². The Bertz CT molecular complexity index is 1540. The zero-order valence-electron chi connectivity index (χ0n) is 21.9. The highest BCUT2D eigenvalue weighted by molar-refractivity contribution is 5.69. The second kappa shape index (κ2) is 7.74. The molecule has 2 aliphatic carbocycles. The van der Waals surface area contributed by atoms with Crippen LogP contribution in [0.5, 0.6) is 0 Å². The molecular weight excluding hydrogens is 448 g/mol. The van der Waals surface area contributed by atoms with Gasteiger partial charge in [0.05, 0.1) is 12.1 Å². The van der Waals surface area contributed by atoms with E-state index in [1.54, 1.807) is 22.3 Å². The van der Waals surface area contributed by atoms with Gasteiger partial charge in [0.2, 0.25) is 0 Å². The van der Waals surface area contributed by atoms with Gasteiger partial charge in [-0.3, -0.25) is 0 Å². The van der Waals surface area contributed by atoms with Crippen LogP contribution in [0, 0.1) is 6.92 Å². The molecular formula is C35H34N2. The first kappa shape index (κ1) is 21.6. The maximum atomic E-state index is 2.78. The zero-order chi connectivity index (χ0) is 24.8. The number of hydrogen-bond acceptors (Lipinski definition) is 2. The van der Waals surface area contributed by atoms with E-state index >= 15 is 0 Å². The van der Waals surface area contributed by atoms with Crippen molar-refractivity contribution in [1.29, 1.82) is 0 Å². The number of para-hydroxylation sites is 1. The molecule has 0 saturated heterocycles. The lowest BCUT2D eigenvalue weighted by atomic mass is 9.84. The number of likely N-dealkylation sites (N-methyl/N-ethyl adjacent to an activating group) is 1. The molecule has 4 aromatic carbocycles. The number of fused-ring (bicyclic) bond motifs is 10. The fourth-order valence-corrected chi connectivity index (χ4v) is 8.68. The highest BCUT2D eigenvalue weighted by atomic mass is 15.2. The quantitative estimate of drug-likeness (QED) is 0.290. The Morgan fingerprint density at radius 1 is 0.622 bits per heavy atom. The molecule has 2 aliphatic heterocycles. The number of aryl methyl sites for hydroxylation is 1. The number of hydrogen-bond donors (Lipinski definition) is 0. The summed E-state index contributed by atoms with van der Waals surface area (Å²) in [4.78, 5) is 5.32. The molecule has 8 rings (SSSR count). The van der Waals surface area contributed by atoms with Crippen LogP contribution >= 0.6 is 0 Å². The van der Waals surface area contributed by atoms with E-state index in [0.717, 1.165) is 6.54 Å². The van der Waals surface area contributed by atoms with Crippen LogP contribution in [0.15, 0.2) is 91.0 Å². The van der Waals surface area contributed by atoms with E-state index in [4.69, 9.17) is 0 Å². The Balaban J connectivity index is 1.20. The predicted octanol–water partition coefficient (Wildman–Crippen LogP) is 8.22. The minimum atomic E-state index is 0.451. The van der Waals surface area contributed by atoms with Gasteiger partial charge in [-0.05, 0) is 70.7 Å². The van der Waals surface area contributed by atoms with Crippen LogP contribution in [0.2, 0.25) is 0 Å². The Morgan fingerprint density at radius 3 is 2.05 bits per heavy atom. The van der Waals surface area contributed by atoms with E-state index in [2.05, 4.69) is 122 Å². The first-order valence-corrected chi connectivity index (χ1v) is 14.0. The Kier molecular flexibility index (Phi) is 4.51. The van der Waals surface area contributed by atoms with Gasteiger partial charge in [0.1, 0.15) is 0 Å². The summed E-state index contributed by atoms with van der Waals surface area (Å²) < 4.78 is 0. The van der Waals surface area contributed by atoms with Crippen molar-refractivity contribution in [2.24, 2.45) is 0 Å². The molecule has 6 unspecified atom stereocenters. The van der Waals surface area contributed by atoms with E-state index in [9.17, 15) is 0 Å². The standard InChI is InChI=1S/C35H34N2/c1-21-16-17-31-29(20-21)32-22(2)23-10-4-6-12-26(23)35(32)37(31)19-18-25-24-11-5-7-13-27(24)34-33(25)28-14-8-9-15-30(28)36(34)3/h4-17,20,22,25,32-35H,18-19H2,1-3H3. The van der Waals surface area contributed by atoms with E-state index in [0.29, 0.717) is 35.8 Å². The number of benzene rings is 4. The lowest BCUT2D eigenvalue weighted by molar-refractivity contribution is 0.474. The minimum absolute atomic E-state index is 0.451. The molecule has 6 atom stereocenters. The van der Waals surface area contributed by atoms with Gasteiger partial charge in [0, 0.05) is 36.8 Å². The summed E-state index contributed by atoms with van der Waals surface area (Å²) in [7, 11) is 2.29. The molecule has 0 aromatic heterocycles. The van der Waals surface area contributed by atoms with Crippen LogP contribution in [-0.2, 0) is 0 Å². The Hall–Kier alpha value is -3.52. The van der Waals surface area contributed by atoms with Crippen LogP contribution in [0.1, 0.15) is 88.0 Å². The van der Waals surface area contributed by atoms with Gasteiger partial charge < -0.3 is 9.80 Å². The van der Waals surface area contributed by atoms with Crippen molar-refractivity contribution in [3.8, 4) is 0 Å². The molecule has 184 valence electrons. The average molecular weight is 483 g/mol. The van der Waals surface area contributed by atoms with Crippen LogP contribution < -0.4 is 9.80 Å². The van der Waals surface area contributed by atoms with Gasteiger partial charge in [0.15, 0.2) is 0 Å². The zero-order valence-corrected chi connectivity index (χ0v) is 21.9. The topological polar surface area (TPSA) is 6.48 Å². The van der Waals surface area contributed by atoms with Crippen LogP contribution in [-0.4, -0.2) is 13.6 Å². The molecule has 0 saturated carbocycles. The van der Waals surface area contributed by atoms with Gasteiger partial charge in [0.25, 0.3) is 0 Å². The monoisotopic (exact) mass is 482 g/mol. The summed E-state index contributed by atoms with van der Waals surface area (Å²) in [5.74, 6) is 2.17. The molecule has 0 N–H and O–H groups in total. The second-order valence-corrected chi connectivity index (χ2v) is 11.8. The van der Waals surface area contributed by atoms with Crippen molar-refractivity contribution in [3.05, 3.63) is 130 Å². The molecule has 37 heavy (non-hydrogen) atoms. The summed E-state index contributed by atoms with van der Waals surface area (Å²) in [5.41, 5.74) is 13.5. The maximum absolute atomic E-state index is 2.78. The van der Waals surface area contributed by atoms with Crippen LogP contribution in [0.4, 0.5) is 11.4 Å². The van der Waals surface area contributed by atoms with Crippen molar-refractivity contribution in [2.75, 3.05) is 23.4 Å². The van der Waals surface area contributed by atoms with E-state index in [1.807, 2.05) is 0 Å². The minimum Gasteiger partial charge on any atom is -0.367 e. The van der Waals surface area contributed by atoms with Crippen molar-refractivity contribution in [1.82, 2.24) is 0 Å². The van der Waals surface area contributed by atoms with Crippen molar-refractivity contribution in [3.63, 3.8) is 0 Å². The summed E-state index contributed by atoms with van der Waals surface area (Å²) in [6.45, 7) is 5.78. The highest BCUT2D eigenvalue weighted by Gasteiger charge is 2.51. The van der Waals surface area contributed by atoms with Crippen molar-refractivity contribution in [2.45, 2.75) is 56.0 Å². The highest BCUT2D eigenvalue weighted by Crippen LogP contribution is 2.63. The fraction of sp³-hybridized carbons (Fsp3) is 0.314. The molecule has 2 nitrogen and oxygen atoms in total. The summed E-state index contributed by atoms with van der Waals surface area (Å²) >= 11 is 0. The summed E-state index contributed by atoms with van der Waals surface area (Å²) in [6, 6.07) is 35.7. The summed E-state index contributed by atoms with van der Waals surface area (Å²) in [5, 5.41) is 0. The van der Waals surface area contributed by atoms with Crippen LogP contribution in [0.3, 0.4) is 0 Å². The first-order valence-electron chi connectivity index (χ1n) is 14.0. The molecule has 0 radical (unpaired) electrons.